The maximum absolute atomic E-state index is 13.4. The van der Waals surface area contributed by atoms with Gasteiger partial charge in [-0.2, -0.15) is 4.31 Å². The molecule has 2 heterocycles. The lowest BCUT2D eigenvalue weighted by atomic mass is 9.95. The fraction of sp³-hybridized carbons (Fsp3) is 0.500. The van der Waals surface area contributed by atoms with Gasteiger partial charge in [0, 0.05) is 45.1 Å². The number of aromatic nitrogens is 1. The van der Waals surface area contributed by atoms with Crippen molar-refractivity contribution in [2.24, 2.45) is 0 Å². The summed E-state index contributed by atoms with van der Waals surface area (Å²) in [4.78, 5) is 6.91. The lowest BCUT2D eigenvalue weighted by Crippen LogP contribution is -2.49. The van der Waals surface area contributed by atoms with Crippen LogP contribution >= 0.6 is 0 Å². The van der Waals surface area contributed by atoms with E-state index >= 15 is 0 Å². The smallest absolute Gasteiger partial charge is 0.243 e. The van der Waals surface area contributed by atoms with Crippen molar-refractivity contribution in [3.05, 3.63) is 57.9 Å². The van der Waals surface area contributed by atoms with Crippen LogP contribution in [0.1, 0.15) is 33.4 Å². The van der Waals surface area contributed by atoms with Crippen LogP contribution in [0, 0.1) is 34.6 Å². The van der Waals surface area contributed by atoms with Crippen LogP contribution in [0.15, 0.2) is 29.4 Å². The molecule has 1 aliphatic heterocycles. The highest BCUT2D eigenvalue weighted by Crippen LogP contribution is 2.31. The highest BCUT2D eigenvalue weighted by molar-refractivity contribution is 7.89. The molecule has 1 aliphatic rings. The first kappa shape index (κ1) is 21.0. The molecule has 0 radical (unpaired) electrons. The van der Waals surface area contributed by atoms with Crippen molar-refractivity contribution >= 4 is 10.0 Å². The molecule has 1 aromatic heterocycles. The molecule has 0 N–H and O–H groups in total. The van der Waals surface area contributed by atoms with Gasteiger partial charge in [0.1, 0.15) is 0 Å². The summed E-state index contributed by atoms with van der Waals surface area (Å²) in [6.45, 7) is 13.6. The van der Waals surface area contributed by atoms with Crippen molar-refractivity contribution in [2.45, 2.75) is 45.9 Å². The molecule has 6 heteroatoms. The van der Waals surface area contributed by atoms with E-state index in [2.05, 4.69) is 16.8 Å². The topological polar surface area (TPSA) is 53.5 Å². The van der Waals surface area contributed by atoms with Gasteiger partial charge in [-0.05, 0) is 86.6 Å². The summed E-state index contributed by atoms with van der Waals surface area (Å²) >= 11 is 0. The van der Waals surface area contributed by atoms with Crippen LogP contribution in [-0.2, 0) is 16.4 Å². The number of rotatable bonds is 5. The van der Waals surface area contributed by atoms with Crippen LogP contribution in [0.2, 0.25) is 0 Å². The molecule has 5 nitrogen and oxygen atoms in total. The van der Waals surface area contributed by atoms with Crippen molar-refractivity contribution in [1.29, 1.82) is 0 Å². The summed E-state index contributed by atoms with van der Waals surface area (Å²) in [5.74, 6) is 0. The fourth-order valence-electron chi connectivity index (χ4n) is 4.01. The lowest BCUT2D eigenvalue weighted by molar-refractivity contribution is 0.190. The Labute approximate surface area is 169 Å². The highest BCUT2D eigenvalue weighted by Gasteiger charge is 2.32. The Hall–Kier alpha value is -1.76. The van der Waals surface area contributed by atoms with Crippen molar-refractivity contribution in [3.63, 3.8) is 0 Å². The minimum Gasteiger partial charge on any atom is -0.300 e. The van der Waals surface area contributed by atoms with Gasteiger partial charge in [-0.1, -0.05) is 0 Å². The Morgan fingerprint density at radius 1 is 0.821 bits per heavy atom. The second kappa shape index (κ2) is 8.31. The quantitative estimate of drug-likeness (QED) is 0.772. The minimum absolute atomic E-state index is 0.512. The van der Waals surface area contributed by atoms with E-state index in [1.54, 1.807) is 4.31 Å². The molecule has 3 rings (SSSR count). The van der Waals surface area contributed by atoms with E-state index < -0.39 is 10.0 Å². The van der Waals surface area contributed by atoms with Gasteiger partial charge in [-0.15, -0.1) is 0 Å². The summed E-state index contributed by atoms with van der Waals surface area (Å²) < 4.78 is 28.5. The number of sulfonamides is 1. The normalized spacial score (nSPS) is 16.5. The van der Waals surface area contributed by atoms with E-state index in [1.807, 2.05) is 52.2 Å². The minimum atomic E-state index is -3.48. The van der Waals surface area contributed by atoms with Crippen LogP contribution in [0.5, 0.6) is 0 Å². The van der Waals surface area contributed by atoms with Gasteiger partial charge in [-0.25, -0.2) is 8.42 Å². The Bertz CT molecular complexity index is 918. The summed E-state index contributed by atoms with van der Waals surface area (Å²) in [5.41, 5.74) is 6.40. The molecule has 0 aliphatic carbocycles. The zero-order valence-electron chi connectivity index (χ0n) is 17.6. The van der Waals surface area contributed by atoms with Crippen LogP contribution in [-0.4, -0.2) is 55.3 Å². The average Bonchev–Trinajstić information content (AvgIpc) is 2.70. The molecule has 0 saturated carbocycles. The third-order valence-corrected chi connectivity index (χ3v) is 8.50. The fourth-order valence-corrected chi connectivity index (χ4v) is 5.99. The first-order valence-corrected chi connectivity index (χ1v) is 11.4. The van der Waals surface area contributed by atoms with E-state index in [9.17, 15) is 8.42 Å². The molecule has 28 heavy (non-hydrogen) atoms. The number of benzene rings is 1. The third kappa shape index (κ3) is 4.00. The largest absolute Gasteiger partial charge is 0.300 e. The summed E-state index contributed by atoms with van der Waals surface area (Å²) in [6.07, 6.45) is 4.59. The van der Waals surface area contributed by atoms with E-state index in [-0.39, 0.29) is 0 Å². The van der Waals surface area contributed by atoms with Gasteiger partial charge in [0.2, 0.25) is 10.0 Å². The van der Waals surface area contributed by atoms with Gasteiger partial charge in [0.15, 0.2) is 0 Å². The standard InChI is InChI=1S/C22H31N3O2S/c1-16-17(2)19(4)22(20(5)18(16)3)28(26,27)25-14-12-24(13-15-25)11-8-21-6-9-23-10-7-21/h6-7,9-10H,8,11-15H2,1-5H3. The lowest BCUT2D eigenvalue weighted by Gasteiger charge is -2.35. The molecular formula is C22H31N3O2S. The SMILES string of the molecule is Cc1c(C)c(C)c(S(=O)(=O)N2CCN(CCc3ccncc3)CC2)c(C)c1C. The van der Waals surface area contributed by atoms with Crippen molar-refractivity contribution in [2.75, 3.05) is 32.7 Å². The number of piperazine rings is 1. The zero-order chi connectivity index (χ0) is 20.5. The van der Waals surface area contributed by atoms with Gasteiger partial charge in [0.05, 0.1) is 4.90 Å². The van der Waals surface area contributed by atoms with Crippen LogP contribution in [0.25, 0.3) is 0 Å². The van der Waals surface area contributed by atoms with Gasteiger partial charge >= 0.3 is 0 Å². The Morgan fingerprint density at radius 2 is 1.32 bits per heavy atom. The third-order valence-electron chi connectivity index (χ3n) is 6.33. The molecule has 1 fully saturated rings. The van der Waals surface area contributed by atoms with Gasteiger partial charge in [0.25, 0.3) is 0 Å². The molecule has 0 unspecified atom stereocenters. The summed E-state index contributed by atoms with van der Waals surface area (Å²) in [6, 6.07) is 4.07. The average molecular weight is 402 g/mol. The second-order valence-corrected chi connectivity index (χ2v) is 9.68. The van der Waals surface area contributed by atoms with Crippen molar-refractivity contribution in [1.82, 2.24) is 14.2 Å². The Balaban J connectivity index is 1.72. The molecule has 0 atom stereocenters. The number of pyridine rings is 1. The monoisotopic (exact) mass is 401 g/mol. The molecular weight excluding hydrogens is 370 g/mol. The maximum Gasteiger partial charge on any atom is 0.243 e. The molecule has 0 amide bonds. The zero-order valence-corrected chi connectivity index (χ0v) is 18.4. The molecule has 152 valence electrons. The van der Waals surface area contributed by atoms with E-state index in [4.69, 9.17) is 0 Å². The predicted octanol–water partition coefficient (Wildman–Crippen LogP) is 3.17. The van der Waals surface area contributed by atoms with Gasteiger partial charge in [-0.3, -0.25) is 4.98 Å². The van der Waals surface area contributed by atoms with Crippen molar-refractivity contribution < 1.29 is 8.42 Å². The first-order valence-electron chi connectivity index (χ1n) is 9.92. The number of hydrogen-bond donors (Lipinski definition) is 0. The number of nitrogens with zero attached hydrogens (tertiary/aromatic N) is 3. The van der Waals surface area contributed by atoms with E-state index in [0.717, 1.165) is 48.3 Å². The van der Waals surface area contributed by atoms with Crippen LogP contribution in [0.4, 0.5) is 0 Å². The van der Waals surface area contributed by atoms with E-state index in [1.165, 1.54) is 11.1 Å². The van der Waals surface area contributed by atoms with Gasteiger partial charge < -0.3 is 4.90 Å². The summed E-state index contributed by atoms with van der Waals surface area (Å²) in [5, 5.41) is 0. The highest BCUT2D eigenvalue weighted by atomic mass is 32.2. The van der Waals surface area contributed by atoms with Crippen LogP contribution < -0.4 is 0 Å². The molecule has 1 aromatic carbocycles. The second-order valence-electron chi connectivity index (χ2n) is 7.81. The maximum atomic E-state index is 13.4. The molecule has 0 bridgehead atoms. The Kier molecular flexibility index (Phi) is 6.22. The van der Waals surface area contributed by atoms with E-state index in [0.29, 0.717) is 18.0 Å². The molecule has 0 spiro atoms. The Morgan fingerprint density at radius 3 is 1.86 bits per heavy atom. The van der Waals surface area contributed by atoms with Crippen molar-refractivity contribution in [3.8, 4) is 0 Å². The number of hydrogen-bond acceptors (Lipinski definition) is 4. The van der Waals surface area contributed by atoms with Crippen LogP contribution in [0.3, 0.4) is 0 Å². The summed E-state index contributed by atoms with van der Waals surface area (Å²) in [7, 11) is -3.48. The first-order chi connectivity index (χ1) is 13.2. The molecule has 2 aromatic rings. The molecule has 1 saturated heterocycles. The predicted molar refractivity (Wildman–Crippen MR) is 113 cm³/mol.